The maximum Gasteiger partial charge on any atom is 0.270 e. The monoisotopic (exact) mass is 326 g/mol. The highest BCUT2D eigenvalue weighted by Gasteiger charge is 2.27. The van der Waals surface area contributed by atoms with Crippen LogP contribution in [0.25, 0.3) is 0 Å². The van der Waals surface area contributed by atoms with Crippen LogP contribution in [0.1, 0.15) is 67.6 Å². The summed E-state index contributed by atoms with van der Waals surface area (Å²) in [6, 6.07) is 0. The van der Waals surface area contributed by atoms with E-state index in [1.165, 1.54) is 11.3 Å². The quantitative estimate of drug-likeness (QED) is 0.770. The van der Waals surface area contributed by atoms with Gasteiger partial charge >= 0.3 is 0 Å². The summed E-state index contributed by atoms with van der Waals surface area (Å²) in [5.74, 6) is -0.135. The standard InChI is InChI=1S/C16H26N2O3S/c1-3-16(4-2,7-8-19)11-17-14(20)12-10-22-15(18-12)13-6-5-9-21-13/h10,13,19H,3-9,11H2,1-2H3,(H,17,20). The molecule has 1 saturated heterocycles. The molecule has 0 saturated carbocycles. The van der Waals surface area contributed by atoms with Crippen molar-refractivity contribution in [2.45, 2.75) is 52.1 Å². The third-order valence-corrected chi connectivity index (χ3v) is 5.66. The molecule has 0 radical (unpaired) electrons. The Hall–Kier alpha value is -0.980. The lowest BCUT2D eigenvalue weighted by Crippen LogP contribution is -2.37. The average Bonchev–Trinajstić information content (AvgIpc) is 3.21. The number of hydrogen-bond donors (Lipinski definition) is 2. The molecule has 1 unspecified atom stereocenters. The summed E-state index contributed by atoms with van der Waals surface area (Å²) in [6.45, 7) is 5.71. The van der Waals surface area contributed by atoms with Crippen LogP contribution in [0.2, 0.25) is 0 Å². The molecular weight excluding hydrogens is 300 g/mol. The SMILES string of the molecule is CCC(CC)(CCO)CNC(=O)c1csc(C2CCCO2)n1. The summed E-state index contributed by atoms with van der Waals surface area (Å²) in [7, 11) is 0. The van der Waals surface area contributed by atoms with Gasteiger partial charge in [0.1, 0.15) is 16.8 Å². The molecular formula is C16H26N2O3S. The summed E-state index contributed by atoms with van der Waals surface area (Å²) in [5.41, 5.74) is 0.443. The molecule has 0 bridgehead atoms. The lowest BCUT2D eigenvalue weighted by atomic mass is 9.79. The maximum atomic E-state index is 12.3. The maximum absolute atomic E-state index is 12.3. The largest absolute Gasteiger partial charge is 0.396 e. The van der Waals surface area contributed by atoms with Crippen LogP contribution in [0.5, 0.6) is 0 Å². The molecule has 1 fully saturated rings. The second kappa shape index (κ2) is 8.04. The molecule has 6 heteroatoms. The van der Waals surface area contributed by atoms with E-state index in [4.69, 9.17) is 4.74 Å². The molecule has 1 aromatic rings. The first-order valence-corrected chi connectivity index (χ1v) is 8.98. The molecule has 0 spiro atoms. The van der Waals surface area contributed by atoms with Gasteiger partial charge in [-0.3, -0.25) is 4.79 Å². The zero-order chi connectivity index (χ0) is 16.0. The zero-order valence-electron chi connectivity index (χ0n) is 13.4. The van der Waals surface area contributed by atoms with Crippen LogP contribution in [0.15, 0.2) is 5.38 Å². The topological polar surface area (TPSA) is 71.5 Å². The van der Waals surface area contributed by atoms with Crippen molar-refractivity contribution in [2.75, 3.05) is 19.8 Å². The van der Waals surface area contributed by atoms with Crippen molar-refractivity contribution < 1.29 is 14.6 Å². The van der Waals surface area contributed by atoms with Crippen molar-refractivity contribution in [3.63, 3.8) is 0 Å². The van der Waals surface area contributed by atoms with E-state index >= 15 is 0 Å². The van der Waals surface area contributed by atoms with Gasteiger partial charge in [-0.25, -0.2) is 4.98 Å². The second-order valence-corrected chi connectivity index (χ2v) is 6.83. The van der Waals surface area contributed by atoms with Crippen LogP contribution in [-0.2, 0) is 4.74 Å². The molecule has 2 heterocycles. The summed E-state index contributed by atoms with van der Waals surface area (Å²) in [6.07, 6.45) is 4.68. The highest BCUT2D eigenvalue weighted by atomic mass is 32.1. The fourth-order valence-electron chi connectivity index (χ4n) is 2.85. The number of amides is 1. The summed E-state index contributed by atoms with van der Waals surface area (Å²) in [4.78, 5) is 16.7. The van der Waals surface area contributed by atoms with E-state index in [1.807, 2.05) is 0 Å². The lowest BCUT2D eigenvalue weighted by Gasteiger charge is -2.31. The number of hydrogen-bond acceptors (Lipinski definition) is 5. The van der Waals surface area contributed by atoms with Crippen molar-refractivity contribution in [3.8, 4) is 0 Å². The Morgan fingerprint density at radius 1 is 1.55 bits per heavy atom. The predicted octanol–water partition coefficient (Wildman–Crippen LogP) is 2.91. The van der Waals surface area contributed by atoms with Crippen LogP contribution in [0, 0.1) is 5.41 Å². The van der Waals surface area contributed by atoms with Crippen LogP contribution < -0.4 is 5.32 Å². The van der Waals surface area contributed by atoms with E-state index < -0.39 is 0 Å². The highest BCUT2D eigenvalue weighted by Crippen LogP contribution is 2.31. The van der Waals surface area contributed by atoms with E-state index in [9.17, 15) is 9.90 Å². The first kappa shape index (κ1) is 17.4. The molecule has 1 aliphatic heterocycles. The Balaban J connectivity index is 1.94. The number of aliphatic hydroxyl groups excluding tert-OH is 1. The fraction of sp³-hybridized carbons (Fsp3) is 0.750. The third-order valence-electron chi connectivity index (χ3n) is 4.73. The Bertz CT molecular complexity index is 479. The number of thiazole rings is 1. The molecule has 1 atom stereocenters. The third kappa shape index (κ3) is 4.06. The van der Waals surface area contributed by atoms with Crippen molar-refractivity contribution in [1.82, 2.24) is 10.3 Å². The van der Waals surface area contributed by atoms with Gasteiger partial charge in [-0.2, -0.15) is 0 Å². The van der Waals surface area contributed by atoms with Crippen LogP contribution in [-0.4, -0.2) is 35.8 Å². The van der Waals surface area contributed by atoms with Gasteiger partial charge in [0.25, 0.3) is 5.91 Å². The number of rotatable bonds is 8. The number of aromatic nitrogens is 1. The summed E-state index contributed by atoms with van der Waals surface area (Å²) < 4.78 is 5.60. The van der Waals surface area contributed by atoms with Gasteiger partial charge in [-0.05, 0) is 37.5 Å². The van der Waals surface area contributed by atoms with Gasteiger partial charge in [-0.1, -0.05) is 13.8 Å². The summed E-state index contributed by atoms with van der Waals surface area (Å²) >= 11 is 1.49. The molecule has 124 valence electrons. The minimum Gasteiger partial charge on any atom is -0.396 e. The van der Waals surface area contributed by atoms with Crippen LogP contribution in [0.3, 0.4) is 0 Å². The molecule has 2 N–H and O–H groups in total. The second-order valence-electron chi connectivity index (χ2n) is 5.94. The number of nitrogens with one attached hydrogen (secondary N) is 1. The van der Waals surface area contributed by atoms with Crippen molar-refractivity contribution in [1.29, 1.82) is 0 Å². The number of carbonyl (C=O) groups excluding carboxylic acids is 1. The fourth-order valence-corrected chi connectivity index (χ4v) is 3.73. The molecule has 0 aromatic carbocycles. The van der Waals surface area contributed by atoms with Crippen molar-refractivity contribution in [2.24, 2.45) is 5.41 Å². The van der Waals surface area contributed by atoms with Gasteiger partial charge in [0.05, 0.1) is 0 Å². The number of ether oxygens (including phenoxy) is 1. The van der Waals surface area contributed by atoms with E-state index in [1.54, 1.807) is 5.38 Å². The Labute approximate surface area is 136 Å². The first-order chi connectivity index (χ1) is 10.6. The van der Waals surface area contributed by atoms with Gasteiger partial charge in [-0.15, -0.1) is 11.3 Å². The van der Waals surface area contributed by atoms with Crippen LogP contribution >= 0.6 is 11.3 Å². The van der Waals surface area contributed by atoms with E-state index in [0.29, 0.717) is 18.7 Å². The smallest absolute Gasteiger partial charge is 0.270 e. The van der Waals surface area contributed by atoms with Gasteiger partial charge in [0.2, 0.25) is 0 Å². The molecule has 1 aromatic heterocycles. The minimum absolute atomic E-state index is 0.0299. The van der Waals surface area contributed by atoms with Crippen molar-refractivity contribution in [3.05, 3.63) is 16.1 Å². The van der Waals surface area contributed by atoms with E-state index in [0.717, 1.165) is 37.3 Å². The van der Waals surface area contributed by atoms with Crippen LogP contribution in [0.4, 0.5) is 0 Å². The van der Waals surface area contributed by atoms with Gasteiger partial charge in [0, 0.05) is 25.1 Å². The Morgan fingerprint density at radius 3 is 2.91 bits per heavy atom. The molecule has 2 rings (SSSR count). The molecule has 22 heavy (non-hydrogen) atoms. The van der Waals surface area contributed by atoms with Crippen molar-refractivity contribution >= 4 is 17.2 Å². The first-order valence-electron chi connectivity index (χ1n) is 8.10. The lowest BCUT2D eigenvalue weighted by molar-refractivity contribution is 0.0900. The Morgan fingerprint density at radius 2 is 2.32 bits per heavy atom. The number of nitrogens with zero attached hydrogens (tertiary/aromatic N) is 1. The average molecular weight is 326 g/mol. The van der Waals surface area contributed by atoms with E-state index in [2.05, 4.69) is 24.1 Å². The Kier molecular flexibility index (Phi) is 6.35. The van der Waals surface area contributed by atoms with E-state index in [-0.39, 0.29) is 24.0 Å². The highest BCUT2D eigenvalue weighted by molar-refractivity contribution is 7.09. The molecule has 0 aliphatic carbocycles. The minimum atomic E-state index is -0.135. The van der Waals surface area contributed by atoms with Gasteiger partial charge < -0.3 is 15.2 Å². The molecule has 1 amide bonds. The zero-order valence-corrected chi connectivity index (χ0v) is 14.2. The van der Waals surface area contributed by atoms with Gasteiger partial charge in [0.15, 0.2) is 0 Å². The number of carbonyl (C=O) groups is 1. The predicted molar refractivity (Wildman–Crippen MR) is 87.1 cm³/mol. The summed E-state index contributed by atoms with van der Waals surface area (Å²) in [5, 5.41) is 14.9. The number of aliphatic hydroxyl groups is 1. The molecule has 5 nitrogen and oxygen atoms in total. The molecule has 1 aliphatic rings. The normalized spacial score (nSPS) is 18.6.